The van der Waals surface area contributed by atoms with E-state index >= 15 is 0 Å². The second-order valence-electron chi connectivity index (χ2n) is 7.73. The minimum atomic E-state index is -0.0154. The molecule has 5 nitrogen and oxygen atoms in total. The summed E-state index contributed by atoms with van der Waals surface area (Å²) in [6.45, 7) is 10.1. The first-order chi connectivity index (χ1) is 13.6. The van der Waals surface area contributed by atoms with Crippen LogP contribution in [0.25, 0.3) is 0 Å². The predicted octanol–water partition coefficient (Wildman–Crippen LogP) is -0.00888. The van der Waals surface area contributed by atoms with Crippen molar-refractivity contribution in [2.45, 2.75) is 26.8 Å². The van der Waals surface area contributed by atoms with E-state index < -0.39 is 0 Å². The minimum Gasteiger partial charge on any atom is -0.322 e. The molecule has 1 saturated heterocycles. The number of hydrogen-bond donors (Lipinski definition) is 3. The molecule has 1 amide bonds. The van der Waals surface area contributed by atoms with Gasteiger partial charge in [0.2, 0.25) is 0 Å². The maximum Gasteiger partial charge on any atom is 0.295 e. The normalized spacial score (nSPS) is 19.6. The van der Waals surface area contributed by atoms with Crippen molar-refractivity contribution in [2.24, 2.45) is 5.10 Å². The highest BCUT2D eigenvalue weighted by Gasteiger charge is 2.24. The number of benzene rings is 2. The molecule has 1 fully saturated rings. The highest BCUT2D eigenvalue weighted by Crippen LogP contribution is 2.02. The van der Waals surface area contributed by atoms with E-state index in [9.17, 15) is 4.79 Å². The van der Waals surface area contributed by atoms with E-state index in [0.717, 1.165) is 44.7 Å². The third kappa shape index (κ3) is 6.29. The molecule has 2 aromatic rings. The summed E-state index contributed by atoms with van der Waals surface area (Å²) < 4.78 is 0. The maximum absolute atomic E-state index is 12.2. The van der Waals surface area contributed by atoms with Gasteiger partial charge in [0.05, 0.1) is 6.21 Å². The summed E-state index contributed by atoms with van der Waals surface area (Å²) in [4.78, 5) is 15.1. The van der Waals surface area contributed by atoms with Crippen molar-refractivity contribution in [3.63, 3.8) is 0 Å². The summed E-state index contributed by atoms with van der Waals surface area (Å²) >= 11 is 0. The first kappa shape index (κ1) is 20.2. The van der Waals surface area contributed by atoms with Crippen LogP contribution in [0.15, 0.2) is 53.6 Å². The molecule has 3 rings (SSSR count). The average Bonchev–Trinajstić information content (AvgIpc) is 2.72. The van der Waals surface area contributed by atoms with Crippen LogP contribution in [0.3, 0.4) is 0 Å². The highest BCUT2D eigenvalue weighted by atomic mass is 16.2. The van der Waals surface area contributed by atoms with Gasteiger partial charge in [0.1, 0.15) is 32.7 Å². The summed E-state index contributed by atoms with van der Waals surface area (Å²) in [5.74, 6) is -0.0154. The number of carbonyl (C=O) groups is 1. The molecule has 0 radical (unpaired) electrons. The molecule has 28 heavy (non-hydrogen) atoms. The molecule has 0 unspecified atom stereocenters. The zero-order chi connectivity index (χ0) is 19.8. The van der Waals surface area contributed by atoms with E-state index in [4.69, 9.17) is 0 Å². The first-order valence-electron chi connectivity index (χ1n) is 10.3. The lowest BCUT2D eigenvalue weighted by molar-refractivity contribution is -1.02. The summed E-state index contributed by atoms with van der Waals surface area (Å²) in [5, 5.41) is 4.10. The summed E-state index contributed by atoms with van der Waals surface area (Å²) in [6, 6.07) is 17.0. The molecule has 2 aromatic carbocycles. The molecule has 1 aliphatic heterocycles. The number of hydrogen-bond acceptors (Lipinski definition) is 2. The number of nitrogens with one attached hydrogen (secondary N) is 3. The number of amides is 1. The Morgan fingerprint density at radius 3 is 2.21 bits per heavy atom. The van der Waals surface area contributed by atoms with Crippen LogP contribution in [0.2, 0.25) is 0 Å². The van der Waals surface area contributed by atoms with Gasteiger partial charge >= 0.3 is 0 Å². The van der Waals surface area contributed by atoms with Crippen LogP contribution in [0.5, 0.6) is 0 Å². The Kier molecular flexibility index (Phi) is 7.34. The van der Waals surface area contributed by atoms with Gasteiger partial charge in [0.25, 0.3) is 5.91 Å². The second kappa shape index (κ2) is 10.2. The fourth-order valence-electron chi connectivity index (χ4n) is 3.59. The van der Waals surface area contributed by atoms with Crippen molar-refractivity contribution in [3.8, 4) is 0 Å². The number of nitrogens with zero attached hydrogens (tertiary/aromatic N) is 1. The van der Waals surface area contributed by atoms with Crippen molar-refractivity contribution in [3.05, 3.63) is 70.8 Å². The van der Waals surface area contributed by atoms with Gasteiger partial charge in [-0.25, -0.2) is 5.43 Å². The number of aryl methyl sites for hydroxylation is 2. The van der Waals surface area contributed by atoms with E-state index in [0.29, 0.717) is 6.54 Å². The van der Waals surface area contributed by atoms with Gasteiger partial charge in [0, 0.05) is 5.56 Å². The van der Waals surface area contributed by atoms with E-state index in [2.05, 4.69) is 60.8 Å². The van der Waals surface area contributed by atoms with Crippen LogP contribution in [-0.4, -0.2) is 44.8 Å². The van der Waals surface area contributed by atoms with Crippen LogP contribution in [-0.2, 0) is 17.8 Å². The molecule has 0 aromatic heterocycles. The third-order valence-corrected chi connectivity index (χ3v) is 5.44. The monoisotopic (exact) mass is 380 g/mol. The molecule has 0 aliphatic carbocycles. The standard InChI is InChI=1S/C23H30N4O/c1-3-20-8-10-21(11-9-20)16-24-25-23(28)18-27-14-12-26(13-15-27)17-22-6-4-19(2)5-7-22/h4-11,16H,3,12-15,17-18H2,1-2H3,(H,25,28)/p+2/b24-16-. The largest absolute Gasteiger partial charge is 0.322 e. The van der Waals surface area contributed by atoms with Crippen LogP contribution in [0.1, 0.15) is 29.2 Å². The Bertz CT molecular complexity index is 775. The maximum atomic E-state index is 12.2. The van der Waals surface area contributed by atoms with Crippen molar-refractivity contribution >= 4 is 12.1 Å². The molecule has 148 valence electrons. The number of rotatable bonds is 7. The lowest BCUT2D eigenvalue weighted by atomic mass is 10.1. The lowest BCUT2D eigenvalue weighted by Crippen LogP contribution is -3.28. The van der Waals surface area contributed by atoms with Crippen LogP contribution >= 0.6 is 0 Å². The van der Waals surface area contributed by atoms with Crippen LogP contribution < -0.4 is 15.2 Å². The molecule has 1 aliphatic rings. The van der Waals surface area contributed by atoms with Gasteiger partial charge in [-0.3, -0.25) is 4.79 Å². The van der Waals surface area contributed by atoms with Gasteiger partial charge < -0.3 is 9.80 Å². The fourth-order valence-corrected chi connectivity index (χ4v) is 3.59. The Balaban J connectivity index is 1.37. The summed E-state index contributed by atoms with van der Waals surface area (Å²) in [6.07, 6.45) is 2.73. The smallest absolute Gasteiger partial charge is 0.295 e. The van der Waals surface area contributed by atoms with Crippen molar-refractivity contribution in [1.82, 2.24) is 5.43 Å². The highest BCUT2D eigenvalue weighted by molar-refractivity contribution is 5.82. The topological polar surface area (TPSA) is 50.3 Å². The molecule has 0 bridgehead atoms. The Morgan fingerprint density at radius 2 is 1.57 bits per heavy atom. The van der Waals surface area contributed by atoms with E-state index in [1.807, 2.05) is 12.1 Å². The van der Waals surface area contributed by atoms with Gasteiger partial charge in [-0.2, -0.15) is 5.10 Å². The van der Waals surface area contributed by atoms with Gasteiger partial charge in [-0.1, -0.05) is 61.0 Å². The lowest BCUT2D eigenvalue weighted by Gasteiger charge is -2.29. The van der Waals surface area contributed by atoms with Gasteiger partial charge in [-0.15, -0.1) is 0 Å². The predicted molar refractivity (Wildman–Crippen MR) is 113 cm³/mol. The number of carbonyl (C=O) groups excluding carboxylic acids is 1. The molecule has 0 saturated carbocycles. The Labute approximate surface area is 168 Å². The van der Waals surface area contributed by atoms with Gasteiger partial charge in [0.15, 0.2) is 6.54 Å². The van der Waals surface area contributed by atoms with E-state index in [-0.39, 0.29) is 5.91 Å². The minimum absolute atomic E-state index is 0.0154. The van der Waals surface area contributed by atoms with Gasteiger partial charge in [-0.05, 0) is 24.5 Å². The van der Waals surface area contributed by atoms with E-state index in [1.165, 1.54) is 21.6 Å². The third-order valence-electron chi connectivity index (χ3n) is 5.44. The fraction of sp³-hybridized carbons (Fsp3) is 0.391. The molecule has 0 spiro atoms. The number of hydrazone groups is 1. The van der Waals surface area contributed by atoms with Crippen molar-refractivity contribution < 1.29 is 14.6 Å². The molecule has 1 heterocycles. The van der Waals surface area contributed by atoms with Crippen molar-refractivity contribution in [1.29, 1.82) is 0 Å². The zero-order valence-corrected chi connectivity index (χ0v) is 17.0. The summed E-state index contributed by atoms with van der Waals surface area (Å²) in [5.41, 5.74) is 7.66. The molecule has 3 N–H and O–H groups in total. The van der Waals surface area contributed by atoms with Crippen LogP contribution in [0, 0.1) is 6.92 Å². The summed E-state index contributed by atoms with van der Waals surface area (Å²) in [7, 11) is 0. The SMILES string of the molecule is CCc1ccc(/C=N\NC(=O)C[NH+]2CC[NH+](Cc3ccc(C)cc3)CC2)cc1. The average molecular weight is 381 g/mol. The molecular weight excluding hydrogens is 348 g/mol. The second-order valence-corrected chi connectivity index (χ2v) is 7.73. The number of piperazine rings is 1. The Morgan fingerprint density at radius 1 is 0.964 bits per heavy atom. The molecule has 0 atom stereocenters. The quantitative estimate of drug-likeness (QED) is 0.459. The van der Waals surface area contributed by atoms with Crippen LogP contribution in [0.4, 0.5) is 0 Å². The van der Waals surface area contributed by atoms with Crippen molar-refractivity contribution in [2.75, 3.05) is 32.7 Å². The Hall–Kier alpha value is -2.50. The first-order valence-corrected chi connectivity index (χ1v) is 10.3. The molecule has 5 heteroatoms. The number of quaternary nitrogens is 2. The zero-order valence-electron chi connectivity index (χ0n) is 17.0. The van der Waals surface area contributed by atoms with E-state index in [1.54, 1.807) is 11.1 Å². The molecular formula is C23H32N4O+2.